The van der Waals surface area contributed by atoms with Crippen molar-refractivity contribution in [2.75, 3.05) is 23.4 Å². The topological polar surface area (TPSA) is 101 Å². The van der Waals surface area contributed by atoms with Crippen LogP contribution in [0.3, 0.4) is 0 Å². The van der Waals surface area contributed by atoms with Crippen molar-refractivity contribution in [3.8, 4) is 0 Å². The molecule has 1 heterocycles. The lowest BCUT2D eigenvalue weighted by atomic mass is 9.97. The van der Waals surface area contributed by atoms with Crippen LogP contribution in [0.15, 0.2) is 51.6 Å². The van der Waals surface area contributed by atoms with Gasteiger partial charge in [0.2, 0.25) is 5.91 Å². The molecule has 2 aromatic rings. The first-order valence-electron chi connectivity index (χ1n) is 10.6. The van der Waals surface area contributed by atoms with Crippen LogP contribution in [0.2, 0.25) is 0 Å². The minimum Gasteiger partial charge on any atom is -0.383 e. The van der Waals surface area contributed by atoms with Gasteiger partial charge in [0.05, 0.1) is 11.8 Å². The van der Waals surface area contributed by atoms with Gasteiger partial charge in [0.25, 0.3) is 5.56 Å². The summed E-state index contributed by atoms with van der Waals surface area (Å²) in [6, 6.07) is 9.39. The molecule has 3 N–H and O–H groups in total. The standard InChI is InChI=1S/C23H30N4O3S/c1-16(31-2)22(29)26(14-13-17-9-5-3-6-10-17)19-20(24)27(23(30)25-21(19)28)15-18-11-7-4-8-12-18/h4,7-9,11-12,16H,3,5-6,10,13-15,24H2,1-2H3,(H,25,28,30). The van der Waals surface area contributed by atoms with Gasteiger partial charge in [-0.1, -0.05) is 42.0 Å². The fraction of sp³-hybridized carbons (Fsp3) is 0.435. The number of H-pyrrole nitrogens is 1. The Morgan fingerprint density at radius 2 is 2.00 bits per heavy atom. The van der Waals surface area contributed by atoms with E-state index in [1.54, 1.807) is 0 Å². The zero-order chi connectivity index (χ0) is 22.4. The molecule has 0 saturated heterocycles. The number of nitrogens with zero attached hydrogens (tertiary/aromatic N) is 2. The Labute approximate surface area is 186 Å². The molecule has 1 aromatic carbocycles. The summed E-state index contributed by atoms with van der Waals surface area (Å²) in [4.78, 5) is 42.3. The van der Waals surface area contributed by atoms with Crippen LogP contribution < -0.4 is 21.9 Å². The van der Waals surface area contributed by atoms with E-state index < -0.39 is 11.2 Å². The molecular formula is C23H30N4O3S. The van der Waals surface area contributed by atoms with Gasteiger partial charge in [0.1, 0.15) is 5.82 Å². The molecule has 1 aliphatic rings. The number of carbonyl (C=O) groups is 1. The Hall–Kier alpha value is -2.74. The van der Waals surface area contributed by atoms with Gasteiger partial charge in [-0.25, -0.2) is 4.79 Å². The highest BCUT2D eigenvalue weighted by Gasteiger charge is 2.27. The van der Waals surface area contributed by atoms with Gasteiger partial charge in [-0.15, -0.1) is 0 Å². The van der Waals surface area contributed by atoms with E-state index in [4.69, 9.17) is 5.73 Å². The number of hydrogen-bond acceptors (Lipinski definition) is 5. The molecule has 0 fully saturated rings. The number of thioether (sulfide) groups is 1. The minimum atomic E-state index is -0.633. The number of nitrogens with two attached hydrogens (primary N) is 1. The van der Waals surface area contributed by atoms with Crippen LogP contribution in [0.4, 0.5) is 11.5 Å². The van der Waals surface area contributed by atoms with Crippen LogP contribution in [-0.2, 0) is 11.3 Å². The summed E-state index contributed by atoms with van der Waals surface area (Å²) in [5.74, 6) is -0.178. The SMILES string of the molecule is CSC(C)C(=O)N(CCC1=CCCCC1)c1c(N)n(Cc2ccccc2)c(=O)[nH]c1=O. The molecule has 0 aliphatic heterocycles. The maximum Gasteiger partial charge on any atom is 0.330 e. The first kappa shape index (κ1) is 22.9. The second-order valence-corrected chi connectivity index (χ2v) is 8.97. The first-order chi connectivity index (χ1) is 14.9. The normalized spacial score (nSPS) is 14.7. The molecule has 1 aliphatic carbocycles. The van der Waals surface area contributed by atoms with E-state index in [1.165, 1.54) is 33.2 Å². The molecule has 0 bridgehead atoms. The Bertz CT molecular complexity index is 1060. The fourth-order valence-corrected chi connectivity index (χ4v) is 4.13. The average molecular weight is 443 g/mol. The lowest BCUT2D eigenvalue weighted by Crippen LogP contribution is -2.44. The van der Waals surface area contributed by atoms with Gasteiger partial charge in [0.15, 0.2) is 5.69 Å². The highest BCUT2D eigenvalue weighted by atomic mass is 32.2. The van der Waals surface area contributed by atoms with Crippen molar-refractivity contribution in [1.82, 2.24) is 9.55 Å². The Balaban J connectivity index is 2.01. The second-order valence-electron chi connectivity index (χ2n) is 7.79. The van der Waals surface area contributed by atoms with E-state index in [9.17, 15) is 14.4 Å². The van der Waals surface area contributed by atoms with E-state index in [0.717, 1.165) is 24.8 Å². The van der Waals surface area contributed by atoms with Crippen molar-refractivity contribution >= 4 is 29.2 Å². The van der Waals surface area contributed by atoms with Crippen molar-refractivity contribution in [2.45, 2.75) is 50.8 Å². The molecule has 166 valence electrons. The predicted molar refractivity (Wildman–Crippen MR) is 128 cm³/mol. The molecule has 1 unspecified atom stereocenters. The molecule has 7 nitrogen and oxygen atoms in total. The third-order valence-corrected chi connectivity index (χ3v) is 6.59. The quantitative estimate of drug-likeness (QED) is 0.612. The van der Waals surface area contributed by atoms with E-state index in [0.29, 0.717) is 13.0 Å². The number of carbonyl (C=O) groups excluding carboxylic acids is 1. The van der Waals surface area contributed by atoms with E-state index in [2.05, 4.69) is 11.1 Å². The molecule has 0 saturated carbocycles. The van der Waals surface area contributed by atoms with Gasteiger partial charge >= 0.3 is 5.69 Å². The average Bonchev–Trinajstić information content (AvgIpc) is 2.79. The van der Waals surface area contributed by atoms with Gasteiger partial charge in [-0.3, -0.25) is 19.1 Å². The van der Waals surface area contributed by atoms with Crippen LogP contribution in [0.1, 0.15) is 44.6 Å². The van der Waals surface area contributed by atoms with Crippen molar-refractivity contribution in [3.63, 3.8) is 0 Å². The molecule has 31 heavy (non-hydrogen) atoms. The highest BCUT2D eigenvalue weighted by molar-refractivity contribution is 7.99. The molecule has 0 spiro atoms. The number of hydrogen-bond donors (Lipinski definition) is 2. The third kappa shape index (κ3) is 5.50. The number of aromatic amines is 1. The van der Waals surface area contributed by atoms with Crippen LogP contribution >= 0.6 is 11.8 Å². The Morgan fingerprint density at radius 3 is 2.65 bits per heavy atom. The van der Waals surface area contributed by atoms with E-state index >= 15 is 0 Å². The number of aromatic nitrogens is 2. The minimum absolute atomic E-state index is 0.0110. The molecule has 0 radical (unpaired) electrons. The third-order valence-electron chi connectivity index (χ3n) is 5.68. The van der Waals surface area contributed by atoms with Crippen LogP contribution in [0.5, 0.6) is 0 Å². The summed E-state index contributed by atoms with van der Waals surface area (Å²) in [6.07, 6.45) is 9.17. The van der Waals surface area contributed by atoms with Gasteiger partial charge in [0, 0.05) is 6.54 Å². The Kier molecular flexibility index (Phi) is 7.79. The zero-order valence-corrected chi connectivity index (χ0v) is 18.9. The van der Waals surface area contributed by atoms with Crippen molar-refractivity contribution in [2.24, 2.45) is 0 Å². The fourth-order valence-electron chi connectivity index (χ4n) is 3.80. The number of benzene rings is 1. The van der Waals surface area contributed by atoms with Crippen LogP contribution in [-0.4, -0.2) is 33.5 Å². The van der Waals surface area contributed by atoms with Crippen molar-refractivity contribution in [3.05, 3.63) is 68.4 Å². The van der Waals surface area contributed by atoms with Crippen LogP contribution in [0.25, 0.3) is 0 Å². The second kappa shape index (κ2) is 10.5. The monoisotopic (exact) mass is 442 g/mol. The molecular weight excluding hydrogens is 412 g/mol. The van der Waals surface area contributed by atoms with Gasteiger partial charge in [-0.2, -0.15) is 11.8 Å². The van der Waals surface area contributed by atoms with E-state index in [1.807, 2.05) is 43.5 Å². The first-order valence-corrected chi connectivity index (χ1v) is 11.9. The van der Waals surface area contributed by atoms with Gasteiger partial charge in [-0.05, 0) is 50.8 Å². The predicted octanol–water partition coefficient (Wildman–Crippen LogP) is 3.14. The summed E-state index contributed by atoms with van der Waals surface area (Å²) in [6.45, 7) is 2.37. The number of amides is 1. The number of rotatable bonds is 8. The lowest BCUT2D eigenvalue weighted by molar-refractivity contribution is -0.117. The van der Waals surface area contributed by atoms with Crippen molar-refractivity contribution in [1.29, 1.82) is 0 Å². The summed E-state index contributed by atoms with van der Waals surface area (Å²) in [5.41, 5.74) is 7.35. The number of allylic oxidation sites excluding steroid dienone is 1. The smallest absolute Gasteiger partial charge is 0.330 e. The maximum absolute atomic E-state index is 13.2. The van der Waals surface area contributed by atoms with Crippen LogP contribution in [0, 0.1) is 0 Å². The summed E-state index contributed by atoms with van der Waals surface area (Å²) < 4.78 is 1.32. The molecule has 1 aromatic heterocycles. The largest absolute Gasteiger partial charge is 0.383 e. The maximum atomic E-state index is 13.2. The summed E-state index contributed by atoms with van der Waals surface area (Å²) in [7, 11) is 0. The Morgan fingerprint density at radius 1 is 1.26 bits per heavy atom. The highest BCUT2D eigenvalue weighted by Crippen LogP contribution is 2.25. The van der Waals surface area contributed by atoms with Crippen molar-refractivity contribution < 1.29 is 4.79 Å². The molecule has 3 rings (SSSR count). The summed E-state index contributed by atoms with van der Waals surface area (Å²) >= 11 is 1.41. The van der Waals surface area contributed by atoms with E-state index in [-0.39, 0.29) is 29.2 Å². The molecule has 1 atom stereocenters. The molecule has 1 amide bonds. The van der Waals surface area contributed by atoms with Gasteiger partial charge < -0.3 is 10.6 Å². The summed E-state index contributed by atoms with van der Waals surface area (Å²) in [5, 5.41) is -0.339. The zero-order valence-electron chi connectivity index (χ0n) is 18.1. The lowest BCUT2D eigenvalue weighted by Gasteiger charge is -2.27. The number of anilines is 2. The molecule has 8 heteroatoms. The number of nitrogens with one attached hydrogen (secondary N) is 1. The number of nitrogen functional groups attached to an aromatic ring is 1.